The Morgan fingerprint density at radius 1 is 1.25 bits per heavy atom. The fraction of sp³-hybridized carbons (Fsp3) is 0.176. The molecule has 0 saturated heterocycles. The van der Waals surface area contributed by atoms with Gasteiger partial charge >= 0.3 is 0 Å². The molecule has 4 rings (SSSR count). The van der Waals surface area contributed by atoms with Crippen LogP contribution in [0.4, 0.5) is 0 Å². The number of thioether (sulfide) groups is 1. The quantitative estimate of drug-likeness (QED) is 0.409. The van der Waals surface area contributed by atoms with Crippen molar-refractivity contribution in [3.05, 3.63) is 67.8 Å². The Labute approximate surface area is 177 Å². The van der Waals surface area contributed by atoms with E-state index in [1.165, 1.54) is 33.6 Å². The molecule has 0 unspecified atom stereocenters. The first-order valence-electron chi connectivity index (χ1n) is 8.06. The molecule has 0 aliphatic heterocycles. The second-order valence-corrected chi connectivity index (χ2v) is 8.41. The first-order chi connectivity index (χ1) is 13.5. The fourth-order valence-corrected chi connectivity index (χ4v) is 4.46. The van der Waals surface area contributed by atoms with E-state index in [0.29, 0.717) is 43.2 Å². The number of hydrogen-bond acceptors (Lipinski definition) is 7. The van der Waals surface area contributed by atoms with Crippen molar-refractivity contribution in [1.29, 1.82) is 0 Å². The van der Waals surface area contributed by atoms with Gasteiger partial charge in [0, 0.05) is 35.5 Å². The molecule has 4 aromatic rings. The molecule has 3 aromatic heterocycles. The Bertz CT molecular complexity index is 1200. The van der Waals surface area contributed by atoms with Crippen molar-refractivity contribution in [2.45, 2.75) is 17.5 Å². The van der Waals surface area contributed by atoms with Crippen LogP contribution in [0.2, 0.25) is 10.0 Å². The van der Waals surface area contributed by atoms with Crippen molar-refractivity contribution in [2.24, 2.45) is 7.05 Å². The molecule has 0 aliphatic carbocycles. The summed E-state index contributed by atoms with van der Waals surface area (Å²) in [6.45, 7) is 0.214. The van der Waals surface area contributed by atoms with E-state index in [1.807, 2.05) is 17.0 Å². The molecule has 3 heterocycles. The highest BCUT2D eigenvalue weighted by Crippen LogP contribution is 2.28. The summed E-state index contributed by atoms with van der Waals surface area (Å²) >= 11 is 14.9. The smallest absolute Gasteiger partial charge is 0.258 e. The number of nitrogens with zero attached hydrogens (tertiary/aromatic N) is 5. The minimum atomic E-state index is -0.0891. The minimum Gasteiger partial charge on any atom is -0.484 e. The van der Waals surface area contributed by atoms with Gasteiger partial charge in [-0.15, -0.1) is 21.5 Å². The highest BCUT2D eigenvalue weighted by atomic mass is 35.5. The second-order valence-electron chi connectivity index (χ2n) is 5.75. The van der Waals surface area contributed by atoms with E-state index in [1.54, 1.807) is 24.4 Å². The third-order valence-electron chi connectivity index (χ3n) is 3.88. The molecule has 0 aliphatic rings. The van der Waals surface area contributed by atoms with Crippen LogP contribution in [0.1, 0.15) is 11.5 Å². The number of hydrogen-bond donors (Lipinski definition) is 0. The zero-order chi connectivity index (χ0) is 19.7. The van der Waals surface area contributed by atoms with Crippen LogP contribution in [0.15, 0.2) is 45.8 Å². The van der Waals surface area contributed by atoms with E-state index < -0.39 is 0 Å². The first kappa shape index (κ1) is 19.3. The van der Waals surface area contributed by atoms with Crippen molar-refractivity contribution in [3.8, 4) is 5.75 Å². The highest BCUT2D eigenvalue weighted by molar-refractivity contribution is 7.98. The van der Waals surface area contributed by atoms with Crippen molar-refractivity contribution < 1.29 is 4.74 Å². The molecule has 0 fully saturated rings. The lowest BCUT2D eigenvalue weighted by Gasteiger charge is -2.08. The largest absolute Gasteiger partial charge is 0.484 e. The average molecular weight is 454 g/mol. The number of thiazole rings is 1. The predicted octanol–water partition coefficient (Wildman–Crippen LogP) is 4.06. The summed E-state index contributed by atoms with van der Waals surface area (Å²) in [6.07, 6.45) is 1.72. The number of rotatable bonds is 6. The minimum absolute atomic E-state index is 0.0891. The van der Waals surface area contributed by atoms with Crippen LogP contribution in [0.25, 0.3) is 4.96 Å². The summed E-state index contributed by atoms with van der Waals surface area (Å²) in [5.74, 6) is 1.69. The van der Waals surface area contributed by atoms with Gasteiger partial charge in [0.1, 0.15) is 12.4 Å². The molecule has 0 N–H and O–H groups in total. The van der Waals surface area contributed by atoms with Crippen LogP contribution < -0.4 is 10.3 Å². The van der Waals surface area contributed by atoms with Gasteiger partial charge in [0.25, 0.3) is 5.56 Å². The van der Waals surface area contributed by atoms with E-state index in [2.05, 4.69) is 15.2 Å². The molecule has 0 atom stereocenters. The zero-order valence-electron chi connectivity index (χ0n) is 14.5. The molecule has 28 heavy (non-hydrogen) atoms. The second kappa shape index (κ2) is 8.12. The van der Waals surface area contributed by atoms with Gasteiger partial charge < -0.3 is 9.30 Å². The van der Waals surface area contributed by atoms with Gasteiger partial charge in [0.15, 0.2) is 15.9 Å². The summed E-state index contributed by atoms with van der Waals surface area (Å²) < 4.78 is 9.08. The summed E-state index contributed by atoms with van der Waals surface area (Å²) in [6, 6.07) is 6.58. The fourth-order valence-electron chi connectivity index (χ4n) is 2.43. The Kier molecular flexibility index (Phi) is 5.58. The predicted molar refractivity (Wildman–Crippen MR) is 111 cm³/mol. The molecule has 1 aromatic carbocycles. The van der Waals surface area contributed by atoms with Gasteiger partial charge in [0.05, 0.1) is 10.7 Å². The Hall–Kier alpha value is -2.07. The van der Waals surface area contributed by atoms with Crippen LogP contribution >= 0.6 is 46.3 Å². The number of benzene rings is 1. The van der Waals surface area contributed by atoms with Crippen molar-refractivity contribution in [2.75, 3.05) is 0 Å². The molecule has 0 saturated carbocycles. The van der Waals surface area contributed by atoms with Crippen LogP contribution in [0, 0.1) is 0 Å². The maximum atomic E-state index is 12.1. The molecule has 144 valence electrons. The maximum absolute atomic E-state index is 12.1. The van der Waals surface area contributed by atoms with E-state index in [0.717, 1.165) is 0 Å². The van der Waals surface area contributed by atoms with Crippen LogP contribution in [-0.2, 0) is 19.4 Å². The van der Waals surface area contributed by atoms with E-state index >= 15 is 0 Å². The van der Waals surface area contributed by atoms with Crippen molar-refractivity contribution >= 4 is 51.3 Å². The van der Waals surface area contributed by atoms with Gasteiger partial charge in [-0.25, -0.2) is 4.98 Å². The SMILES string of the molecule is Cn1c(COc2ccc(Cl)cc2Cl)nnc1SCc1cc(=O)n2ccsc2n1. The third-order valence-corrected chi connectivity index (χ3v) is 6.22. The number of aromatic nitrogens is 5. The van der Waals surface area contributed by atoms with Crippen LogP contribution in [0.3, 0.4) is 0 Å². The van der Waals surface area contributed by atoms with Crippen molar-refractivity contribution in [3.63, 3.8) is 0 Å². The van der Waals surface area contributed by atoms with Gasteiger partial charge in [0.2, 0.25) is 0 Å². The Morgan fingerprint density at radius 2 is 2.11 bits per heavy atom. The average Bonchev–Trinajstić information content (AvgIpc) is 3.27. The summed E-state index contributed by atoms with van der Waals surface area (Å²) in [7, 11) is 1.86. The van der Waals surface area contributed by atoms with E-state index in [4.69, 9.17) is 27.9 Å². The van der Waals surface area contributed by atoms with Gasteiger partial charge in [-0.2, -0.15) is 0 Å². The number of fused-ring (bicyclic) bond motifs is 1. The summed E-state index contributed by atoms with van der Waals surface area (Å²) in [5.41, 5.74) is 0.611. The molecule has 0 spiro atoms. The van der Waals surface area contributed by atoms with E-state index in [-0.39, 0.29) is 12.2 Å². The van der Waals surface area contributed by atoms with E-state index in [9.17, 15) is 4.79 Å². The van der Waals surface area contributed by atoms with Gasteiger partial charge in [-0.05, 0) is 18.2 Å². The molecular weight excluding hydrogens is 441 g/mol. The summed E-state index contributed by atoms with van der Waals surface area (Å²) in [5, 5.41) is 11.9. The monoisotopic (exact) mass is 453 g/mol. The standard InChI is InChI=1S/C17H13Cl2N5O2S2/c1-23-14(8-26-13-3-2-10(18)6-12(13)19)21-22-17(23)28-9-11-7-15(25)24-4-5-27-16(24)20-11/h2-7H,8-9H2,1H3. The maximum Gasteiger partial charge on any atom is 0.258 e. The van der Waals surface area contributed by atoms with Crippen molar-refractivity contribution in [1.82, 2.24) is 24.1 Å². The topological polar surface area (TPSA) is 74.3 Å². The molecule has 0 bridgehead atoms. The number of ether oxygens (including phenoxy) is 1. The molecule has 11 heteroatoms. The first-order valence-corrected chi connectivity index (χ1v) is 10.7. The highest BCUT2D eigenvalue weighted by Gasteiger charge is 2.12. The third kappa shape index (κ3) is 4.02. The summed E-state index contributed by atoms with van der Waals surface area (Å²) in [4.78, 5) is 17.2. The number of halogens is 2. The van der Waals surface area contributed by atoms with Crippen LogP contribution in [-0.4, -0.2) is 24.1 Å². The molecule has 0 amide bonds. The lowest BCUT2D eigenvalue weighted by Crippen LogP contribution is -2.12. The van der Waals surface area contributed by atoms with Gasteiger partial charge in [-0.3, -0.25) is 9.20 Å². The normalized spacial score (nSPS) is 11.2. The Morgan fingerprint density at radius 3 is 2.93 bits per heavy atom. The lowest BCUT2D eigenvalue weighted by atomic mass is 10.3. The van der Waals surface area contributed by atoms with Gasteiger partial charge in [-0.1, -0.05) is 35.0 Å². The molecular formula is C17H13Cl2N5O2S2. The van der Waals surface area contributed by atoms with Crippen LogP contribution in [0.5, 0.6) is 5.75 Å². The zero-order valence-corrected chi connectivity index (χ0v) is 17.6. The molecule has 7 nitrogen and oxygen atoms in total. The Balaban J connectivity index is 1.43. The lowest BCUT2D eigenvalue weighted by molar-refractivity contribution is 0.290. The molecule has 0 radical (unpaired) electrons.